The second-order valence-electron chi connectivity index (χ2n) is 6.27. The first-order chi connectivity index (χ1) is 11.9. The lowest BCUT2D eigenvalue weighted by atomic mass is 10.1. The summed E-state index contributed by atoms with van der Waals surface area (Å²) in [6.07, 6.45) is 8.56. The molecule has 5 nitrogen and oxygen atoms in total. The number of rotatable bonds is 9. The molecule has 0 aromatic heterocycles. The first-order valence-electron chi connectivity index (χ1n) is 8.67. The largest absolute Gasteiger partial charge is 0.287 e. The maximum Gasteiger partial charge on any atom is 0.265 e. The molecule has 7 heteroatoms. The molecule has 0 saturated heterocycles. The molecule has 0 bridgehead atoms. The molecule has 0 spiro atoms. The van der Waals surface area contributed by atoms with Crippen LogP contribution in [0.3, 0.4) is 0 Å². The SMILES string of the molecule is CCCCCCCCCCn1c(=O)c2c(=O)c(Cl)c(Cl)c(=O)c=2c1=O. The Morgan fingerprint density at radius 2 is 1.08 bits per heavy atom. The highest BCUT2D eigenvalue weighted by molar-refractivity contribution is 6.41. The molecule has 0 amide bonds. The van der Waals surface area contributed by atoms with Crippen LogP contribution in [0.15, 0.2) is 19.2 Å². The maximum absolute atomic E-state index is 12.3. The minimum absolute atomic E-state index is 0.190. The lowest BCUT2D eigenvalue weighted by Gasteiger charge is -2.02. The van der Waals surface area contributed by atoms with Crippen LogP contribution in [0.5, 0.6) is 0 Å². The van der Waals surface area contributed by atoms with Gasteiger partial charge >= 0.3 is 0 Å². The summed E-state index contributed by atoms with van der Waals surface area (Å²) in [5.41, 5.74) is -3.19. The van der Waals surface area contributed by atoms with Crippen LogP contribution in [0, 0.1) is 10.4 Å². The van der Waals surface area contributed by atoms with E-state index in [2.05, 4.69) is 6.92 Å². The van der Waals surface area contributed by atoms with Gasteiger partial charge in [-0.05, 0) is 6.42 Å². The van der Waals surface area contributed by atoms with Crippen molar-refractivity contribution in [2.24, 2.45) is 0 Å². The van der Waals surface area contributed by atoms with Gasteiger partial charge in [0.15, 0.2) is 0 Å². The van der Waals surface area contributed by atoms with Crippen molar-refractivity contribution in [3.8, 4) is 0 Å². The fourth-order valence-corrected chi connectivity index (χ4v) is 3.38. The molecule has 2 rings (SSSR count). The van der Waals surface area contributed by atoms with Crippen LogP contribution in [0.1, 0.15) is 58.3 Å². The summed E-state index contributed by atoms with van der Waals surface area (Å²) in [6, 6.07) is 0. The third-order valence-corrected chi connectivity index (χ3v) is 5.27. The van der Waals surface area contributed by atoms with E-state index in [1.165, 1.54) is 25.7 Å². The average Bonchev–Trinajstić information content (AvgIpc) is 2.84. The summed E-state index contributed by atoms with van der Waals surface area (Å²) in [6.45, 7) is 2.36. The van der Waals surface area contributed by atoms with Gasteiger partial charge in [0.1, 0.15) is 20.5 Å². The number of hydrogen-bond donors (Lipinski definition) is 0. The third-order valence-electron chi connectivity index (χ3n) is 4.45. The van der Waals surface area contributed by atoms with Gasteiger partial charge in [0.05, 0.1) is 0 Å². The molecule has 0 aromatic rings. The molecule has 1 heterocycles. The summed E-state index contributed by atoms with van der Waals surface area (Å²) in [5, 5.41) is -1.88. The molecule has 1 aliphatic heterocycles. The number of halogens is 2. The Bertz CT molecular complexity index is 932. The summed E-state index contributed by atoms with van der Waals surface area (Å²) < 4.78 is 0.956. The zero-order chi connectivity index (χ0) is 18.6. The lowest BCUT2D eigenvalue weighted by Crippen LogP contribution is -2.28. The summed E-state index contributed by atoms with van der Waals surface area (Å²) in [5.74, 6) is 0. The zero-order valence-corrected chi connectivity index (χ0v) is 15.7. The Morgan fingerprint density at radius 3 is 1.52 bits per heavy atom. The van der Waals surface area contributed by atoms with Crippen LogP contribution >= 0.6 is 23.2 Å². The Balaban J connectivity index is 2.14. The Morgan fingerprint density at radius 1 is 0.680 bits per heavy atom. The molecule has 0 atom stereocenters. The smallest absolute Gasteiger partial charge is 0.265 e. The number of nitrogens with zero attached hydrogens (tertiary/aromatic N) is 1. The van der Waals surface area contributed by atoms with Gasteiger partial charge in [0, 0.05) is 6.54 Å². The van der Waals surface area contributed by atoms with Crippen molar-refractivity contribution in [3.63, 3.8) is 0 Å². The Labute approximate surface area is 154 Å². The lowest BCUT2D eigenvalue weighted by molar-refractivity contribution is 0.534. The van der Waals surface area contributed by atoms with Crippen LogP contribution < -0.4 is 22.0 Å². The molecular weight excluding hydrogens is 365 g/mol. The van der Waals surface area contributed by atoms with Gasteiger partial charge in [0.25, 0.3) is 11.1 Å². The van der Waals surface area contributed by atoms with Crippen LogP contribution in [0.4, 0.5) is 0 Å². The fraction of sp³-hybridized carbons (Fsp3) is 0.556. The molecular formula is C18H21Cl2NO4. The van der Waals surface area contributed by atoms with Gasteiger partial charge in [-0.15, -0.1) is 0 Å². The van der Waals surface area contributed by atoms with E-state index >= 15 is 0 Å². The molecule has 136 valence electrons. The minimum atomic E-state index is -0.849. The molecule has 0 radical (unpaired) electrons. The van der Waals surface area contributed by atoms with Gasteiger partial charge in [-0.2, -0.15) is 0 Å². The highest BCUT2D eigenvalue weighted by Gasteiger charge is 2.20. The zero-order valence-electron chi connectivity index (χ0n) is 14.2. The standard InChI is InChI=1S/C18H21Cl2NO4/c1-2-3-4-5-6-7-8-9-10-21-17(24)11-12(18(21)25)16(23)14(20)13(19)15(11)22/h2-10H2,1H3. The predicted molar refractivity (Wildman–Crippen MR) is 99.8 cm³/mol. The molecule has 0 fully saturated rings. The van der Waals surface area contributed by atoms with Crippen LogP contribution in [-0.4, -0.2) is 4.57 Å². The summed E-state index contributed by atoms with van der Waals surface area (Å²) in [4.78, 5) is 48.9. The minimum Gasteiger partial charge on any atom is -0.287 e. The van der Waals surface area contributed by atoms with Gasteiger partial charge in [0.2, 0.25) is 10.9 Å². The number of aromatic nitrogens is 1. The normalized spacial score (nSPS) is 11.5. The predicted octanol–water partition coefficient (Wildman–Crippen LogP) is 2.98. The molecule has 0 saturated carbocycles. The molecule has 25 heavy (non-hydrogen) atoms. The van der Waals surface area contributed by atoms with E-state index in [-0.39, 0.29) is 6.54 Å². The van der Waals surface area contributed by atoms with Crippen molar-refractivity contribution in [1.82, 2.24) is 4.57 Å². The van der Waals surface area contributed by atoms with Gasteiger partial charge < -0.3 is 0 Å². The fourth-order valence-electron chi connectivity index (χ4n) is 3.02. The average molecular weight is 386 g/mol. The second-order valence-corrected chi connectivity index (χ2v) is 7.03. The highest BCUT2D eigenvalue weighted by atomic mass is 35.5. The van der Waals surface area contributed by atoms with Gasteiger partial charge in [-0.1, -0.05) is 75.1 Å². The van der Waals surface area contributed by atoms with Crippen LogP contribution in [0.25, 0.3) is 0 Å². The first-order valence-corrected chi connectivity index (χ1v) is 9.42. The quantitative estimate of drug-likeness (QED) is 0.621. The van der Waals surface area contributed by atoms with E-state index in [0.717, 1.165) is 23.8 Å². The van der Waals surface area contributed by atoms with Crippen molar-refractivity contribution in [2.75, 3.05) is 0 Å². The summed E-state index contributed by atoms with van der Waals surface area (Å²) >= 11 is 11.4. The third kappa shape index (κ3) is 4.04. The van der Waals surface area contributed by atoms with Crippen molar-refractivity contribution >= 4 is 23.2 Å². The van der Waals surface area contributed by atoms with Crippen LogP contribution in [0.2, 0.25) is 10.0 Å². The molecule has 2 aliphatic rings. The second kappa shape index (κ2) is 8.77. The topological polar surface area (TPSA) is 73.2 Å². The first kappa shape index (κ1) is 19.9. The number of unbranched alkanes of at least 4 members (excludes halogenated alkanes) is 7. The van der Waals surface area contributed by atoms with Crippen molar-refractivity contribution in [2.45, 2.75) is 64.8 Å². The van der Waals surface area contributed by atoms with E-state index in [1.54, 1.807) is 0 Å². The maximum atomic E-state index is 12.3. The van der Waals surface area contributed by atoms with E-state index in [0.29, 0.717) is 6.42 Å². The summed E-state index contributed by atoms with van der Waals surface area (Å²) in [7, 11) is 0. The van der Waals surface area contributed by atoms with Crippen molar-refractivity contribution < 1.29 is 0 Å². The Kier molecular flexibility index (Phi) is 6.96. The molecule has 0 aromatic carbocycles. The Hall–Kier alpha value is -1.46. The highest BCUT2D eigenvalue weighted by Crippen LogP contribution is 2.12. The van der Waals surface area contributed by atoms with Crippen molar-refractivity contribution in [3.05, 3.63) is 61.6 Å². The molecule has 0 N–H and O–H groups in total. The van der Waals surface area contributed by atoms with Gasteiger partial charge in [-0.3, -0.25) is 23.7 Å². The van der Waals surface area contributed by atoms with E-state index in [1.807, 2.05) is 0 Å². The number of hydrogen-bond acceptors (Lipinski definition) is 4. The van der Waals surface area contributed by atoms with E-state index in [4.69, 9.17) is 23.2 Å². The van der Waals surface area contributed by atoms with Crippen molar-refractivity contribution in [1.29, 1.82) is 0 Å². The monoisotopic (exact) mass is 385 g/mol. The molecule has 0 unspecified atom stereocenters. The van der Waals surface area contributed by atoms with Crippen LogP contribution in [-0.2, 0) is 6.54 Å². The molecule has 1 aliphatic carbocycles. The van der Waals surface area contributed by atoms with E-state index < -0.39 is 42.5 Å². The van der Waals surface area contributed by atoms with Gasteiger partial charge in [-0.25, -0.2) is 0 Å². The van der Waals surface area contributed by atoms with E-state index in [9.17, 15) is 19.2 Å².